The number of allylic oxidation sites excluding steroid dienone is 4. The van der Waals surface area contributed by atoms with E-state index in [2.05, 4.69) is 5.32 Å². The number of Topliss-reactive ketones (excluding diaryl/α,β-unsaturated/α-hetero) is 1. The van der Waals surface area contributed by atoms with E-state index >= 15 is 0 Å². The molecule has 0 saturated carbocycles. The molecule has 1 fully saturated rings. The normalized spacial score (nSPS) is 33.0. The van der Waals surface area contributed by atoms with Crippen LogP contribution < -0.4 is 11.1 Å². The van der Waals surface area contributed by atoms with Gasteiger partial charge < -0.3 is 34.9 Å². The predicted molar refractivity (Wildman–Crippen MR) is 161 cm³/mol. The van der Waals surface area contributed by atoms with Crippen molar-refractivity contribution >= 4 is 23.6 Å². The molecule has 3 rings (SSSR count). The Morgan fingerprint density at radius 1 is 1.05 bits per heavy atom. The van der Waals surface area contributed by atoms with Crippen LogP contribution in [-0.4, -0.2) is 87.3 Å². The van der Waals surface area contributed by atoms with Crippen molar-refractivity contribution in [2.45, 2.75) is 71.4 Å². The lowest BCUT2D eigenvalue weighted by Crippen LogP contribution is -2.43. The number of rotatable bonds is 5. The van der Waals surface area contributed by atoms with Crippen molar-refractivity contribution in [2.24, 2.45) is 17.6 Å². The minimum atomic E-state index is -0.956. The van der Waals surface area contributed by atoms with E-state index in [0.29, 0.717) is 42.8 Å². The molecule has 11 heteroatoms. The summed E-state index contributed by atoms with van der Waals surface area (Å²) >= 11 is 0. The molecule has 3 N–H and O–H groups in total. The van der Waals surface area contributed by atoms with E-state index in [0.717, 1.165) is 6.42 Å². The van der Waals surface area contributed by atoms with Crippen molar-refractivity contribution < 1.29 is 38.1 Å². The zero-order chi connectivity index (χ0) is 31.8. The first-order valence-corrected chi connectivity index (χ1v) is 14.6. The Bertz CT molecular complexity index is 1240. The van der Waals surface area contributed by atoms with E-state index in [1.54, 1.807) is 39.4 Å². The number of ether oxygens (including phenoxy) is 4. The van der Waals surface area contributed by atoms with E-state index in [9.17, 15) is 19.2 Å². The first-order valence-electron chi connectivity index (χ1n) is 14.6. The minimum absolute atomic E-state index is 0.0488. The van der Waals surface area contributed by atoms with Crippen molar-refractivity contribution in [3.63, 3.8) is 0 Å². The number of fused-ring (bicyclic) bond motifs is 2. The van der Waals surface area contributed by atoms with Crippen LogP contribution in [0.25, 0.3) is 0 Å². The van der Waals surface area contributed by atoms with E-state index < -0.39 is 24.2 Å². The van der Waals surface area contributed by atoms with Crippen LogP contribution in [0, 0.1) is 11.8 Å². The summed E-state index contributed by atoms with van der Waals surface area (Å²) in [5, 5.41) is 2.64. The highest BCUT2D eigenvalue weighted by Crippen LogP contribution is 2.32. The third-order valence-corrected chi connectivity index (χ3v) is 8.17. The summed E-state index contributed by atoms with van der Waals surface area (Å²) in [4.78, 5) is 53.8. The maximum absolute atomic E-state index is 13.7. The maximum atomic E-state index is 13.7. The number of carbonyl (C=O) groups is 4. The largest absolute Gasteiger partial charge is 0.439 e. The molecule has 1 saturated heterocycles. The number of likely N-dealkylation sites (tertiary alicyclic amines) is 1. The number of methoxy groups -OCH3 is 3. The molecule has 236 valence electrons. The number of nitrogens with zero attached hydrogens (tertiary/aromatic N) is 1. The Morgan fingerprint density at radius 2 is 1.74 bits per heavy atom. The summed E-state index contributed by atoms with van der Waals surface area (Å²) in [5.74, 6) is -1.44. The fourth-order valence-electron chi connectivity index (χ4n) is 5.81. The second kappa shape index (κ2) is 15.3. The Morgan fingerprint density at radius 3 is 2.30 bits per heavy atom. The summed E-state index contributed by atoms with van der Waals surface area (Å²) in [6.07, 6.45) is 6.46. The third kappa shape index (κ3) is 8.31. The highest BCUT2D eigenvalue weighted by Gasteiger charge is 2.36. The Kier molecular flexibility index (Phi) is 12.1. The molecule has 0 radical (unpaired) electrons. The van der Waals surface area contributed by atoms with Crippen LogP contribution >= 0.6 is 0 Å². The average Bonchev–Trinajstić information content (AvgIpc) is 2.92. The second-order valence-electron chi connectivity index (χ2n) is 11.5. The van der Waals surface area contributed by atoms with Crippen molar-refractivity contribution in [1.82, 2.24) is 10.2 Å². The first-order chi connectivity index (χ1) is 20.4. The summed E-state index contributed by atoms with van der Waals surface area (Å²) in [5.41, 5.74) is 7.15. The van der Waals surface area contributed by atoms with Crippen molar-refractivity contribution in [2.75, 3.05) is 34.4 Å². The van der Waals surface area contributed by atoms with Crippen LogP contribution in [0.3, 0.4) is 0 Å². The summed E-state index contributed by atoms with van der Waals surface area (Å²) in [6, 6.07) is 0. The fourth-order valence-corrected chi connectivity index (χ4v) is 5.81. The lowest BCUT2D eigenvalue weighted by Gasteiger charge is -2.37. The van der Waals surface area contributed by atoms with Gasteiger partial charge in [0.05, 0.1) is 23.6 Å². The van der Waals surface area contributed by atoms with Gasteiger partial charge in [-0.2, -0.15) is 0 Å². The molecule has 2 amide bonds. The smallest absolute Gasteiger partial charge is 0.405 e. The molecule has 0 aromatic carbocycles. The lowest BCUT2D eigenvalue weighted by molar-refractivity contribution is -0.120. The Hall–Kier alpha value is -3.54. The molecule has 0 aromatic rings. The molecule has 0 spiro atoms. The topological polar surface area (TPSA) is 146 Å². The molecule has 2 aliphatic heterocycles. The van der Waals surface area contributed by atoms with Gasteiger partial charge in [-0.15, -0.1) is 0 Å². The summed E-state index contributed by atoms with van der Waals surface area (Å²) in [6.45, 7) is 8.79. The van der Waals surface area contributed by atoms with Gasteiger partial charge in [-0.05, 0) is 44.6 Å². The molecule has 1 aliphatic carbocycles. The summed E-state index contributed by atoms with van der Waals surface area (Å²) in [7, 11) is 4.69. The molecule has 11 nitrogen and oxygen atoms in total. The maximum Gasteiger partial charge on any atom is 0.405 e. The van der Waals surface area contributed by atoms with E-state index in [1.807, 2.05) is 31.7 Å². The van der Waals surface area contributed by atoms with Crippen LogP contribution in [0.1, 0.15) is 47.0 Å². The van der Waals surface area contributed by atoms with Gasteiger partial charge in [0.1, 0.15) is 6.10 Å². The van der Waals surface area contributed by atoms with Crippen molar-refractivity contribution in [3.8, 4) is 0 Å². The number of ketones is 2. The quantitative estimate of drug-likeness (QED) is 0.359. The number of hydrogen-bond acceptors (Lipinski definition) is 9. The molecular formula is C32H45N3O8. The van der Waals surface area contributed by atoms with E-state index in [1.165, 1.54) is 13.2 Å². The Labute approximate surface area is 253 Å². The number of carbonyl (C=O) groups excluding carboxylic acids is 4. The second-order valence-corrected chi connectivity index (χ2v) is 11.5. The molecule has 0 aromatic heterocycles. The zero-order valence-corrected chi connectivity index (χ0v) is 26.2. The molecule has 6 atom stereocenters. The molecule has 6 unspecified atom stereocenters. The van der Waals surface area contributed by atoms with Gasteiger partial charge in [0.25, 0.3) is 5.91 Å². The molecule has 2 bridgehead atoms. The van der Waals surface area contributed by atoms with Gasteiger partial charge in [-0.3, -0.25) is 14.4 Å². The SMILES string of the molecule is COC1/C=C\C=C(\C)C(=O)NC2=CC(=O)C(N3CCC3)=C(CC(C)CC(OC)C(OC)C(C)/C=C(/C)C1OC(N)=O)C2=O. The van der Waals surface area contributed by atoms with Crippen LogP contribution in [0.2, 0.25) is 0 Å². The standard InChI is InChI=1S/C32H45N3O8/c1-18-14-22-27(35-12-9-13-35)24(36)17-23(28(22)37)34-31(38)19(2)10-8-11-25(40-5)30(43-32(33)39)21(4)16-20(3)29(42-7)26(15-18)41-6/h8,10-11,16-18,20,25-26,29-30H,9,12-15H2,1-7H3,(H2,33,39)(H,34,38)/b11-8-,19-10-,21-16-. The number of nitrogens with one attached hydrogen (secondary N) is 1. The highest BCUT2D eigenvalue weighted by atomic mass is 16.6. The first kappa shape index (κ1) is 34.0. The predicted octanol–water partition coefficient (Wildman–Crippen LogP) is 3.12. The Balaban J connectivity index is 2.09. The lowest BCUT2D eigenvalue weighted by atomic mass is 9.84. The minimum Gasteiger partial charge on any atom is -0.439 e. The average molecular weight is 600 g/mol. The molecule has 2 heterocycles. The summed E-state index contributed by atoms with van der Waals surface area (Å²) < 4.78 is 22.9. The van der Waals surface area contributed by atoms with Gasteiger partial charge in [0.15, 0.2) is 6.10 Å². The van der Waals surface area contributed by atoms with Gasteiger partial charge in [-0.25, -0.2) is 4.79 Å². The van der Waals surface area contributed by atoms with Crippen LogP contribution in [0.5, 0.6) is 0 Å². The number of nitrogens with two attached hydrogens (primary N) is 1. The van der Waals surface area contributed by atoms with Crippen LogP contribution in [-0.2, 0) is 33.3 Å². The highest BCUT2D eigenvalue weighted by molar-refractivity contribution is 6.23. The molecular weight excluding hydrogens is 554 g/mol. The molecule has 3 aliphatic rings. The number of primary amides is 1. The third-order valence-electron chi connectivity index (χ3n) is 8.17. The van der Waals surface area contributed by atoms with Crippen LogP contribution in [0.15, 0.2) is 58.5 Å². The zero-order valence-electron chi connectivity index (χ0n) is 26.2. The fraction of sp³-hybridized carbons (Fsp3) is 0.562. The van der Waals surface area contributed by atoms with E-state index in [4.69, 9.17) is 24.7 Å². The number of hydrogen-bond donors (Lipinski definition) is 2. The van der Waals surface area contributed by atoms with Gasteiger partial charge in [-0.1, -0.05) is 38.2 Å². The van der Waals surface area contributed by atoms with Crippen molar-refractivity contribution in [3.05, 3.63) is 58.5 Å². The van der Waals surface area contributed by atoms with Gasteiger partial charge >= 0.3 is 6.09 Å². The van der Waals surface area contributed by atoms with Gasteiger partial charge in [0, 0.05) is 57.6 Å². The van der Waals surface area contributed by atoms with Gasteiger partial charge in [0.2, 0.25) is 11.6 Å². The number of amides is 2. The van der Waals surface area contributed by atoms with Crippen molar-refractivity contribution in [1.29, 1.82) is 0 Å². The van der Waals surface area contributed by atoms with Crippen LogP contribution in [0.4, 0.5) is 4.79 Å². The van der Waals surface area contributed by atoms with E-state index in [-0.39, 0.29) is 46.9 Å². The monoisotopic (exact) mass is 599 g/mol. The molecule has 43 heavy (non-hydrogen) atoms.